The number of hydrogen-bond donors (Lipinski definition) is 1. The summed E-state index contributed by atoms with van der Waals surface area (Å²) in [6.45, 7) is 3.17. The van der Waals surface area contributed by atoms with Crippen molar-refractivity contribution in [1.29, 1.82) is 0 Å². The second-order valence-electron chi connectivity index (χ2n) is 4.67. The first-order valence-electron chi connectivity index (χ1n) is 6.36. The summed E-state index contributed by atoms with van der Waals surface area (Å²) in [4.78, 5) is 2.14. The van der Waals surface area contributed by atoms with E-state index in [1.54, 1.807) is 6.92 Å². The van der Waals surface area contributed by atoms with Crippen molar-refractivity contribution in [2.24, 2.45) is 0 Å². The van der Waals surface area contributed by atoms with Crippen molar-refractivity contribution in [1.82, 2.24) is 0 Å². The summed E-state index contributed by atoms with van der Waals surface area (Å²) >= 11 is 0. The molecule has 1 aliphatic heterocycles. The minimum Gasteiger partial charge on any atom is -0.398 e. The summed E-state index contributed by atoms with van der Waals surface area (Å²) in [7, 11) is -2.90. The van der Waals surface area contributed by atoms with Crippen LogP contribution in [0.5, 0.6) is 0 Å². The molecule has 2 N–H and O–H groups in total. The molecule has 0 aromatic heterocycles. The lowest BCUT2D eigenvalue weighted by molar-refractivity contribution is 0.594. The molecule has 1 heterocycles. The van der Waals surface area contributed by atoms with E-state index in [2.05, 4.69) is 4.90 Å². The molecule has 0 atom stereocenters. The molecule has 4 nitrogen and oxygen atoms in total. The van der Waals surface area contributed by atoms with Crippen molar-refractivity contribution in [2.45, 2.75) is 19.8 Å². The molecule has 0 unspecified atom stereocenters. The predicted molar refractivity (Wildman–Crippen MR) is 75.7 cm³/mol. The minimum atomic E-state index is -2.90. The molecule has 1 aromatic rings. The maximum absolute atomic E-state index is 11.6. The maximum Gasteiger partial charge on any atom is 0.151 e. The molecule has 5 heteroatoms. The van der Waals surface area contributed by atoms with Gasteiger partial charge in [0.25, 0.3) is 0 Å². The van der Waals surface area contributed by atoms with Gasteiger partial charge in [-0.2, -0.15) is 0 Å². The van der Waals surface area contributed by atoms with E-state index in [1.165, 1.54) is 0 Å². The standard InChI is InChI=1S/C13H20N2O2S/c1-2-18(16,17)10-9-15-8-4-5-11-12(14)6-3-7-13(11)15/h3,6-7H,2,4-5,8-10,14H2,1H3. The zero-order chi connectivity index (χ0) is 13.2. The van der Waals surface area contributed by atoms with Crippen LogP contribution in [0.25, 0.3) is 0 Å². The van der Waals surface area contributed by atoms with Crippen LogP contribution in [0, 0.1) is 0 Å². The largest absolute Gasteiger partial charge is 0.398 e. The van der Waals surface area contributed by atoms with Gasteiger partial charge in [0.15, 0.2) is 9.84 Å². The fraction of sp³-hybridized carbons (Fsp3) is 0.538. The van der Waals surface area contributed by atoms with Gasteiger partial charge in [0.1, 0.15) is 0 Å². The van der Waals surface area contributed by atoms with Gasteiger partial charge in [0.2, 0.25) is 0 Å². The Morgan fingerprint density at radius 3 is 2.89 bits per heavy atom. The van der Waals surface area contributed by atoms with Crippen LogP contribution in [0.1, 0.15) is 18.9 Å². The van der Waals surface area contributed by atoms with Crippen LogP contribution in [0.2, 0.25) is 0 Å². The highest BCUT2D eigenvalue weighted by atomic mass is 32.2. The van der Waals surface area contributed by atoms with E-state index in [0.29, 0.717) is 6.54 Å². The first-order chi connectivity index (χ1) is 8.53. The van der Waals surface area contributed by atoms with E-state index in [9.17, 15) is 8.42 Å². The van der Waals surface area contributed by atoms with Gasteiger partial charge in [-0.05, 0) is 30.5 Å². The Bertz CT molecular complexity index is 526. The van der Waals surface area contributed by atoms with Crippen LogP contribution in [-0.2, 0) is 16.3 Å². The van der Waals surface area contributed by atoms with Crippen molar-refractivity contribution >= 4 is 21.2 Å². The quantitative estimate of drug-likeness (QED) is 0.840. The third-order valence-corrected chi connectivity index (χ3v) is 5.18. The second kappa shape index (κ2) is 5.18. The van der Waals surface area contributed by atoms with Crippen LogP contribution >= 0.6 is 0 Å². The van der Waals surface area contributed by atoms with Crippen LogP contribution in [0.3, 0.4) is 0 Å². The van der Waals surface area contributed by atoms with Crippen LogP contribution < -0.4 is 10.6 Å². The summed E-state index contributed by atoms with van der Waals surface area (Å²) in [6, 6.07) is 5.87. The Balaban J connectivity index is 2.16. The number of fused-ring (bicyclic) bond motifs is 1. The highest BCUT2D eigenvalue weighted by Gasteiger charge is 2.19. The fourth-order valence-electron chi connectivity index (χ4n) is 2.35. The van der Waals surface area contributed by atoms with Crippen LogP contribution in [-0.4, -0.2) is 33.0 Å². The molecule has 0 fully saturated rings. The van der Waals surface area contributed by atoms with Crippen molar-refractivity contribution in [3.8, 4) is 0 Å². The number of nitrogens with two attached hydrogens (primary N) is 1. The number of hydrogen-bond acceptors (Lipinski definition) is 4. The molecule has 100 valence electrons. The molecular weight excluding hydrogens is 248 g/mol. The lowest BCUT2D eigenvalue weighted by Gasteiger charge is -2.31. The molecule has 0 aliphatic carbocycles. The third-order valence-electron chi connectivity index (χ3n) is 3.50. The summed E-state index contributed by atoms with van der Waals surface area (Å²) in [5.41, 5.74) is 9.05. The zero-order valence-electron chi connectivity index (χ0n) is 10.7. The average molecular weight is 268 g/mol. The van der Waals surface area contributed by atoms with Crippen LogP contribution in [0.15, 0.2) is 18.2 Å². The van der Waals surface area contributed by atoms with Gasteiger partial charge in [-0.15, -0.1) is 0 Å². The Morgan fingerprint density at radius 2 is 2.17 bits per heavy atom. The minimum absolute atomic E-state index is 0.213. The van der Waals surface area contributed by atoms with E-state index >= 15 is 0 Å². The molecule has 18 heavy (non-hydrogen) atoms. The summed E-state index contributed by atoms with van der Waals surface area (Å²) < 4.78 is 23.1. The average Bonchev–Trinajstić information content (AvgIpc) is 2.37. The first kappa shape index (κ1) is 13.2. The van der Waals surface area contributed by atoms with Gasteiger partial charge in [-0.25, -0.2) is 8.42 Å². The van der Waals surface area contributed by atoms with Gasteiger partial charge < -0.3 is 10.6 Å². The monoisotopic (exact) mass is 268 g/mol. The molecule has 0 saturated heterocycles. The number of nitrogen functional groups attached to an aromatic ring is 1. The lowest BCUT2D eigenvalue weighted by Crippen LogP contribution is -2.34. The Hall–Kier alpha value is -1.23. The number of sulfone groups is 1. The number of nitrogens with zero attached hydrogens (tertiary/aromatic N) is 1. The van der Waals surface area contributed by atoms with E-state index in [0.717, 1.165) is 36.3 Å². The molecule has 1 aliphatic rings. The molecule has 0 amide bonds. The highest BCUT2D eigenvalue weighted by molar-refractivity contribution is 7.91. The van der Waals surface area contributed by atoms with Gasteiger partial charge in [-0.3, -0.25) is 0 Å². The Morgan fingerprint density at radius 1 is 1.39 bits per heavy atom. The van der Waals surface area contributed by atoms with Gasteiger partial charge >= 0.3 is 0 Å². The second-order valence-corrected chi connectivity index (χ2v) is 7.14. The van der Waals surface area contributed by atoms with E-state index in [4.69, 9.17) is 5.73 Å². The third kappa shape index (κ3) is 2.77. The Labute approximate surface area is 109 Å². The maximum atomic E-state index is 11.6. The number of rotatable bonds is 4. The van der Waals surface area contributed by atoms with Gasteiger partial charge in [0.05, 0.1) is 5.75 Å². The highest BCUT2D eigenvalue weighted by Crippen LogP contribution is 2.30. The van der Waals surface area contributed by atoms with Crippen molar-refractivity contribution in [3.63, 3.8) is 0 Å². The normalized spacial score (nSPS) is 15.5. The van der Waals surface area contributed by atoms with E-state index < -0.39 is 9.84 Å². The fourth-order valence-corrected chi connectivity index (χ4v) is 3.14. The topological polar surface area (TPSA) is 63.4 Å². The lowest BCUT2D eigenvalue weighted by atomic mass is 10.00. The zero-order valence-corrected chi connectivity index (χ0v) is 11.5. The Kier molecular flexibility index (Phi) is 3.80. The smallest absolute Gasteiger partial charge is 0.151 e. The predicted octanol–water partition coefficient (Wildman–Crippen LogP) is 1.46. The van der Waals surface area contributed by atoms with E-state index in [1.807, 2.05) is 18.2 Å². The molecule has 2 rings (SSSR count). The summed E-state index contributed by atoms with van der Waals surface area (Å²) in [5, 5.41) is 0. The molecule has 0 bridgehead atoms. The first-order valence-corrected chi connectivity index (χ1v) is 8.18. The molecule has 1 aromatic carbocycles. The van der Waals surface area contributed by atoms with Gasteiger partial charge in [0, 0.05) is 30.2 Å². The molecular formula is C13H20N2O2S. The number of anilines is 2. The molecule has 0 saturated carbocycles. The van der Waals surface area contributed by atoms with Crippen LogP contribution in [0.4, 0.5) is 11.4 Å². The van der Waals surface area contributed by atoms with E-state index in [-0.39, 0.29) is 11.5 Å². The van der Waals surface area contributed by atoms with Crippen molar-refractivity contribution in [3.05, 3.63) is 23.8 Å². The van der Waals surface area contributed by atoms with Crippen molar-refractivity contribution in [2.75, 3.05) is 35.2 Å². The summed E-state index contributed by atoms with van der Waals surface area (Å²) in [6.07, 6.45) is 2.02. The molecule has 0 spiro atoms. The SMILES string of the molecule is CCS(=O)(=O)CCN1CCCc2c(N)cccc21. The molecule has 0 radical (unpaired) electrons. The number of benzene rings is 1. The van der Waals surface area contributed by atoms with Gasteiger partial charge in [-0.1, -0.05) is 13.0 Å². The van der Waals surface area contributed by atoms with Crippen molar-refractivity contribution < 1.29 is 8.42 Å². The summed E-state index contributed by atoms with van der Waals surface area (Å²) in [5.74, 6) is 0.433.